The first-order valence-corrected chi connectivity index (χ1v) is 6.02. The molecule has 17 heavy (non-hydrogen) atoms. The van der Waals surface area contributed by atoms with Gasteiger partial charge in [-0.1, -0.05) is 38.1 Å². The molecular formula is C14H18O3. The quantitative estimate of drug-likeness (QED) is 0.753. The van der Waals surface area contributed by atoms with E-state index in [-0.39, 0.29) is 5.78 Å². The van der Waals surface area contributed by atoms with E-state index < -0.39 is 6.10 Å². The molecule has 1 aliphatic heterocycles. The molecule has 0 N–H and O–H groups in total. The summed E-state index contributed by atoms with van der Waals surface area (Å²) in [5.41, 5.74) is 1.94. The largest absolute Gasteiger partial charge is 0.376 e. The average molecular weight is 234 g/mol. The molecule has 3 heteroatoms. The minimum Gasteiger partial charge on any atom is -0.376 e. The summed E-state index contributed by atoms with van der Waals surface area (Å²) in [7, 11) is 0. The summed E-state index contributed by atoms with van der Waals surface area (Å²) in [5.74, 6) is 0.494. The first-order valence-electron chi connectivity index (χ1n) is 6.02. The molecule has 1 aromatic rings. The Kier molecular flexibility index (Phi) is 3.92. The van der Waals surface area contributed by atoms with Crippen molar-refractivity contribution in [3.05, 3.63) is 35.4 Å². The van der Waals surface area contributed by atoms with Gasteiger partial charge in [-0.15, -0.1) is 0 Å². The summed E-state index contributed by atoms with van der Waals surface area (Å²) >= 11 is 0. The van der Waals surface area contributed by atoms with Crippen LogP contribution in [-0.2, 0) is 9.47 Å². The molecule has 0 bridgehead atoms. The molecule has 1 aromatic carbocycles. The molecule has 2 rings (SSSR count). The molecule has 0 radical (unpaired) electrons. The molecule has 1 aliphatic rings. The van der Waals surface area contributed by atoms with Gasteiger partial charge >= 0.3 is 0 Å². The van der Waals surface area contributed by atoms with Gasteiger partial charge in [0.05, 0.1) is 19.8 Å². The van der Waals surface area contributed by atoms with E-state index in [1.165, 1.54) is 5.56 Å². The SMILES string of the molecule is CC(C)c1ccc(C(=O)C2COCCO2)cc1. The molecule has 1 unspecified atom stereocenters. The standard InChI is InChI=1S/C14H18O3/c1-10(2)11-3-5-12(6-4-11)14(15)13-9-16-7-8-17-13/h3-6,10,13H,7-9H2,1-2H3. The summed E-state index contributed by atoms with van der Waals surface area (Å²) in [4.78, 5) is 12.1. The molecule has 1 atom stereocenters. The van der Waals surface area contributed by atoms with Crippen molar-refractivity contribution in [3.8, 4) is 0 Å². The van der Waals surface area contributed by atoms with Gasteiger partial charge in [-0.2, -0.15) is 0 Å². The molecule has 1 saturated heterocycles. The van der Waals surface area contributed by atoms with Crippen LogP contribution in [0.4, 0.5) is 0 Å². The third kappa shape index (κ3) is 2.93. The highest BCUT2D eigenvalue weighted by molar-refractivity contribution is 5.99. The number of hydrogen-bond donors (Lipinski definition) is 0. The van der Waals surface area contributed by atoms with E-state index >= 15 is 0 Å². The van der Waals surface area contributed by atoms with E-state index in [1.807, 2.05) is 24.3 Å². The highest BCUT2D eigenvalue weighted by Gasteiger charge is 2.23. The van der Waals surface area contributed by atoms with Crippen molar-refractivity contribution < 1.29 is 14.3 Å². The third-order valence-electron chi connectivity index (χ3n) is 2.97. The second-order valence-electron chi connectivity index (χ2n) is 4.58. The van der Waals surface area contributed by atoms with Crippen molar-refractivity contribution in [2.45, 2.75) is 25.9 Å². The van der Waals surface area contributed by atoms with Crippen LogP contribution in [0.25, 0.3) is 0 Å². The lowest BCUT2D eigenvalue weighted by Gasteiger charge is -2.21. The summed E-state index contributed by atoms with van der Waals surface area (Å²) < 4.78 is 10.6. The van der Waals surface area contributed by atoms with Crippen molar-refractivity contribution in [3.63, 3.8) is 0 Å². The van der Waals surface area contributed by atoms with Gasteiger partial charge < -0.3 is 9.47 Å². The molecule has 0 aromatic heterocycles. The van der Waals surface area contributed by atoms with Gasteiger partial charge in [-0.3, -0.25) is 4.79 Å². The number of carbonyl (C=O) groups is 1. The molecule has 92 valence electrons. The average Bonchev–Trinajstić information content (AvgIpc) is 2.39. The highest BCUT2D eigenvalue weighted by atomic mass is 16.6. The minimum atomic E-state index is -0.436. The first kappa shape index (κ1) is 12.3. The Bertz CT molecular complexity index is 375. The summed E-state index contributed by atoms with van der Waals surface area (Å²) in [6.45, 7) is 5.71. The van der Waals surface area contributed by atoms with Crippen molar-refractivity contribution >= 4 is 5.78 Å². The van der Waals surface area contributed by atoms with Crippen molar-refractivity contribution in [2.75, 3.05) is 19.8 Å². The van der Waals surface area contributed by atoms with Crippen LogP contribution in [0.15, 0.2) is 24.3 Å². The molecule has 0 spiro atoms. The fraction of sp³-hybridized carbons (Fsp3) is 0.500. The van der Waals surface area contributed by atoms with Gasteiger partial charge in [0.1, 0.15) is 6.10 Å². The van der Waals surface area contributed by atoms with Gasteiger partial charge in [0.2, 0.25) is 0 Å². The summed E-state index contributed by atoms with van der Waals surface area (Å²) in [5, 5.41) is 0. The molecule has 0 amide bonds. The van der Waals surface area contributed by atoms with Crippen LogP contribution < -0.4 is 0 Å². The van der Waals surface area contributed by atoms with Gasteiger partial charge in [-0.05, 0) is 11.5 Å². The number of carbonyl (C=O) groups excluding carboxylic acids is 1. The van der Waals surface area contributed by atoms with Crippen LogP contribution in [0.5, 0.6) is 0 Å². The van der Waals surface area contributed by atoms with E-state index in [4.69, 9.17) is 9.47 Å². The number of Topliss-reactive ketones (excluding diaryl/α,β-unsaturated/α-hetero) is 1. The smallest absolute Gasteiger partial charge is 0.193 e. The zero-order chi connectivity index (χ0) is 12.3. The van der Waals surface area contributed by atoms with E-state index in [1.54, 1.807) is 0 Å². The van der Waals surface area contributed by atoms with Gasteiger partial charge in [-0.25, -0.2) is 0 Å². The zero-order valence-electron chi connectivity index (χ0n) is 10.3. The normalized spacial score (nSPS) is 20.5. The van der Waals surface area contributed by atoms with Crippen LogP contribution >= 0.6 is 0 Å². The third-order valence-corrected chi connectivity index (χ3v) is 2.97. The van der Waals surface area contributed by atoms with Gasteiger partial charge in [0, 0.05) is 5.56 Å². The second-order valence-corrected chi connectivity index (χ2v) is 4.58. The lowest BCUT2D eigenvalue weighted by atomic mass is 9.99. The Morgan fingerprint density at radius 1 is 1.24 bits per heavy atom. The lowest BCUT2D eigenvalue weighted by Crippen LogP contribution is -2.35. The maximum atomic E-state index is 12.1. The number of ketones is 1. The van der Waals surface area contributed by atoms with Crippen molar-refractivity contribution in [1.82, 2.24) is 0 Å². The highest BCUT2D eigenvalue weighted by Crippen LogP contribution is 2.16. The molecule has 0 saturated carbocycles. The first-order chi connectivity index (χ1) is 8.18. The Morgan fingerprint density at radius 2 is 1.94 bits per heavy atom. The van der Waals surface area contributed by atoms with Crippen molar-refractivity contribution in [1.29, 1.82) is 0 Å². The number of hydrogen-bond acceptors (Lipinski definition) is 3. The minimum absolute atomic E-state index is 0.0139. The second kappa shape index (κ2) is 5.43. The number of ether oxygens (including phenoxy) is 2. The Morgan fingerprint density at radius 3 is 2.47 bits per heavy atom. The van der Waals surface area contributed by atoms with Crippen molar-refractivity contribution in [2.24, 2.45) is 0 Å². The van der Waals surface area contributed by atoms with Crippen LogP contribution in [0.3, 0.4) is 0 Å². The van der Waals surface area contributed by atoms with Crippen LogP contribution in [0.2, 0.25) is 0 Å². The van der Waals surface area contributed by atoms with Gasteiger partial charge in [0.25, 0.3) is 0 Å². The Balaban J connectivity index is 2.08. The molecule has 1 fully saturated rings. The fourth-order valence-electron chi connectivity index (χ4n) is 1.86. The molecule has 0 aliphatic carbocycles. The van der Waals surface area contributed by atoms with E-state index in [0.717, 1.165) is 0 Å². The predicted octanol–water partition coefficient (Wildman–Crippen LogP) is 2.41. The maximum absolute atomic E-state index is 12.1. The Hall–Kier alpha value is -1.19. The lowest BCUT2D eigenvalue weighted by molar-refractivity contribution is -0.0719. The molecule has 1 heterocycles. The fourth-order valence-corrected chi connectivity index (χ4v) is 1.86. The number of rotatable bonds is 3. The predicted molar refractivity (Wildman–Crippen MR) is 65.4 cm³/mol. The topological polar surface area (TPSA) is 35.5 Å². The van der Waals surface area contributed by atoms with E-state index in [0.29, 0.717) is 31.3 Å². The van der Waals surface area contributed by atoms with E-state index in [2.05, 4.69) is 13.8 Å². The van der Waals surface area contributed by atoms with Crippen LogP contribution in [0, 0.1) is 0 Å². The van der Waals surface area contributed by atoms with Crippen LogP contribution in [-0.4, -0.2) is 31.7 Å². The maximum Gasteiger partial charge on any atom is 0.193 e. The van der Waals surface area contributed by atoms with Gasteiger partial charge in [0.15, 0.2) is 5.78 Å². The Labute approximate surface area is 102 Å². The summed E-state index contributed by atoms with van der Waals surface area (Å²) in [6.07, 6.45) is -0.436. The van der Waals surface area contributed by atoms with E-state index in [9.17, 15) is 4.79 Å². The molecule has 3 nitrogen and oxygen atoms in total. The van der Waals surface area contributed by atoms with Crippen LogP contribution in [0.1, 0.15) is 35.7 Å². The molecular weight excluding hydrogens is 216 g/mol. The zero-order valence-corrected chi connectivity index (χ0v) is 10.3. The monoisotopic (exact) mass is 234 g/mol. The number of benzene rings is 1. The summed E-state index contributed by atoms with van der Waals surface area (Å²) in [6, 6.07) is 7.74.